The van der Waals surface area contributed by atoms with Crippen molar-refractivity contribution in [3.8, 4) is 0 Å². The van der Waals surface area contributed by atoms with E-state index < -0.39 is 17.9 Å². The quantitative estimate of drug-likeness (QED) is 0.819. The lowest BCUT2D eigenvalue weighted by Crippen LogP contribution is -2.42. The Labute approximate surface area is 92.7 Å². The number of carbonyl (C=O) groups excluding carboxylic acids is 1. The summed E-state index contributed by atoms with van der Waals surface area (Å²) in [4.78, 5) is 24.2. The van der Waals surface area contributed by atoms with E-state index in [4.69, 9.17) is 9.52 Å². The third-order valence-electron chi connectivity index (χ3n) is 3.01. The van der Waals surface area contributed by atoms with Crippen molar-refractivity contribution < 1.29 is 19.1 Å². The fourth-order valence-electron chi connectivity index (χ4n) is 2.15. The number of hydrogen-bond acceptors (Lipinski definition) is 3. The number of likely N-dealkylation sites (tertiary alicyclic amines) is 1. The van der Waals surface area contributed by atoms with Crippen LogP contribution in [0.1, 0.15) is 24.6 Å². The third-order valence-corrected chi connectivity index (χ3v) is 3.01. The van der Waals surface area contributed by atoms with Gasteiger partial charge in [-0.05, 0) is 18.6 Å². The molecule has 1 aromatic heterocycles. The molecule has 1 saturated heterocycles. The Hall–Kier alpha value is -1.78. The molecule has 2 rings (SSSR count). The van der Waals surface area contributed by atoms with Crippen molar-refractivity contribution in [2.75, 3.05) is 7.05 Å². The summed E-state index contributed by atoms with van der Waals surface area (Å²) in [6.45, 7) is 0. The number of amides is 1. The zero-order chi connectivity index (χ0) is 11.7. The average molecular weight is 223 g/mol. The Morgan fingerprint density at radius 2 is 2.38 bits per heavy atom. The highest BCUT2D eigenvalue weighted by Crippen LogP contribution is 2.35. The zero-order valence-corrected chi connectivity index (χ0v) is 8.92. The van der Waals surface area contributed by atoms with Crippen LogP contribution < -0.4 is 0 Å². The number of nitrogens with zero attached hydrogens (tertiary/aromatic N) is 1. The molecule has 0 aliphatic carbocycles. The van der Waals surface area contributed by atoms with E-state index in [1.165, 1.54) is 11.2 Å². The lowest BCUT2D eigenvalue weighted by Gasteiger charge is -2.35. The highest BCUT2D eigenvalue weighted by molar-refractivity contribution is 5.81. The molecule has 0 bridgehead atoms. The van der Waals surface area contributed by atoms with Gasteiger partial charge in [0, 0.05) is 13.5 Å². The highest BCUT2D eigenvalue weighted by Gasteiger charge is 2.40. The minimum absolute atomic E-state index is 0.0427. The molecule has 1 fully saturated rings. The summed E-state index contributed by atoms with van der Waals surface area (Å²) in [5, 5.41) is 9.13. The molecular weight excluding hydrogens is 210 g/mol. The van der Waals surface area contributed by atoms with Crippen molar-refractivity contribution in [3.05, 3.63) is 24.2 Å². The predicted molar refractivity (Wildman–Crippen MR) is 54.6 cm³/mol. The summed E-state index contributed by atoms with van der Waals surface area (Å²) in [7, 11) is 1.62. The molecule has 2 heterocycles. The number of aliphatic carboxylic acids is 1. The minimum atomic E-state index is -0.888. The van der Waals surface area contributed by atoms with Crippen LogP contribution in [0.2, 0.25) is 0 Å². The standard InChI is InChI=1S/C11H13NO4/c1-12-9(13)5-4-7(11(14)15)10(12)8-3-2-6-16-8/h2-3,6-7,10H,4-5H2,1H3,(H,14,15). The van der Waals surface area contributed by atoms with Gasteiger partial charge in [0.1, 0.15) is 11.8 Å². The van der Waals surface area contributed by atoms with E-state index in [1.807, 2.05) is 0 Å². The summed E-state index contributed by atoms with van der Waals surface area (Å²) in [5.74, 6) is -0.989. The Balaban J connectivity index is 2.34. The van der Waals surface area contributed by atoms with Crippen molar-refractivity contribution in [1.29, 1.82) is 0 Å². The topological polar surface area (TPSA) is 70.8 Å². The molecule has 2 unspecified atom stereocenters. The van der Waals surface area contributed by atoms with E-state index in [9.17, 15) is 9.59 Å². The number of hydrogen-bond donors (Lipinski definition) is 1. The second-order valence-electron chi connectivity index (χ2n) is 3.95. The van der Waals surface area contributed by atoms with Crippen molar-refractivity contribution >= 4 is 11.9 Å². The molecule has 0 saturated carbocycles. The highest BCUT2D eigenvalue weighted by atomic mass is 16.4. The first-order chi connectivity index (χ1) is 7.61. The molecule has 1 aromatic rings. The number of carbonyl (C=O) groups is 2. The van der Waals surface area contributed by atoms with Crippen LogP contribution >= 0.6 is 0 Å². The minimum Gasteiger partial charge on any atom is -0.481 e. The van der Waals surface area contributed by atoms with Crippen LogP contribution in [0.3, 0.4) is 0 Å². The van der Waals surface area contributed by atoms with E-state index in [2.05, 4.69) is 0 Å². The lowest BCUT2D eigenvalue weighted by atomic mass is 9.87. The van der Waals surface area contributed by atoms with E-state index in [1.54, 1.807) is 19.2 Å². The fourth-order valence-corrected chi connectivity index (χ4v) is 2.15. The number of furan rings is 1. The van der Waals surface area contributed by atoms with Crippen molar-refractivity contribution in [2.24, 2.45) is 5.92 Å². The number of rotatable bonds is 2. The Morgan fingerprint density at radius 1 is 1.62 bits per heavy atom. The van der Waals surface area contributed by atoms with E-state index in [-0.39, 0.29) is 12.3 Å². The molecule has 2 atom stereocenters. The van der Waals surface area contributed by atoms with E-state index in [0.717, 1.165) is 0 Å². The fraction of sp³-hybridized carbons (Fsp3) is 0.455. The maximum atomic E-state index is 11.6. The summed E-state index contributed by atoms with van der Waals surface area (Å²) in [6, 6.07) is 2.91. The largest absolute Gasteiger partial charge is 0.481 e. The summed E-state index contributed by atoms with van der Waals surface area (Å²) in [5.41, 5.74) is 0. The van der Waals surface area contributed by atoms with Crippen LogP contribution in [0.25, 0.3) is 0 Å². The molecule has 1 aliphatic heterocycles. The molecule has 1 amide bonds. The van der Waals surface area contributed by atoms with Gasteiger partial charge in [-0.15, -0.1) is 0 Å². The van der Waals surface area contributed by atoms with Gasteiger partial charge >= 0.3 is 5.97 Å². The molecule has 1 N–H and O–H groups in total. The first kappa shape index (κ1) is 10.7. The van der Waals surface area contributed by atoms with Crippen LogP contribution in [-0.4, -0.2) is 28.9 Å². The molecule has 5 heteroatoms. The SMILES string of the molecule is CN1C(=O)CCC(C(=O)O)C1c1ccco1. The first-order valence-electron chi connectivity index (χ1n) is 5.13. The van der Waals surface area contributed by atoms with Gasteiger partial charge in [-0.3, -0.25) is 9.59 Å². The first-order valence-corrected chi connectivity index (χ1v) is 5.13. The second-order valence-corrected chi connectivity index (χ2v) is 3.95. The summed E-state index contributed by atoms with van der Waals surface area (Å²) in [6.07, 6.45) is 2.13. The maximum Gasteiger partial charge on any atom is 0.309 e. The van der Waals surface area contributed by atoms with Crippen LogP contribution in [0.15, 0.2) is 22.8 Å². The zero-order valence-electron chi connectivity index (χ0n) is 8.92. The molecule has 0 radical (unpaired) electrons. The van der Waals surface area contributed by atoms with E-state index >= 15 is 0 Å². The van der Waals surface area contributed by atoms with Crippen LogP contribution in [-0.2, 0) is 9.59 Å². The lowest BCUT2D eigenvalue weighted by molar-refractivity contribution is -0.151. The second kappa shape index (κ2) is 4.00. The van der Waals surface area contributed by atoms with Gasteiger partial charge in [-0.1, -0.05) is 0 Å². The van der Waals surface area contributed by atoms with Gasteiger partial charge in [-0.25, -0.2) is 0 Å². The third kappa shape index (κ3) is 1.68. The molecule has 5 nitrogen and oxygen atoms in total. The van der Waals surface area contributed by atoms with Gasteiger partial charge in [0.05, 0.1) is 12.2 Å². The summed E-state index contributed by atoms with van der Waals surface area (Å²) < 4.78 is 5.21. The van der Waals surface area contributed by atoms with Crippen molar-refractivity contribution in [2.45, 2.75) is 18.9 Å². The number of piperidine rings is 1. The Kier molecular flexibility index (Phi) is 2.68. The maximum absolute atomic E-state index is 11.6. The average Bonchev–Trinajstić information content (AvgIpc) is 2.74. The van der Waals surface area contributed by atoms with E-state index in [0.29, 0.717) is 12.2 Å². The number of carboxylic acids is 1. The van der Waals surface area contributed by atoms with Crippen LogP contribution in [0.5, 0.6) is 0 Å². The van der Waals surface area contributed by atoms with Crippen LogP contribution in [0.4, 0.5) is 0 Å². The molecule has 86 valence electrons. The van der Waals surface area contributed by atoms with Gasteiger partial charge in [0.25, 0.3) is 0 Å². The molecule has 0 spiro atoms. The monoisotopic (exact) mass is 223 g/mol. The van der Waals surface area contributed by atoms with Gasteiger partial charge < -0.3 is 14.4 Å². The van der Waals surface area contributed by atoms with Gasteiger partial charge in [0.2, 0.25) is 5.91 Å². The predicted octanol–water partition coefficient (Wildman–Crippen LogP) is 1.27. The normalized spacial score (nSPS) is 25.8. The Morgan fingerprint density at radius 3 is 2.94 bits per heavy atom. The Bertz CT molecular complexity index is 398. The van der Waals surface area contributed by atoms with Crippen molar-refractivity contribution in [3.63, 3.8) is 0 Å². The van der Waals surface area contributed by atoms with Gasteiger partial charge in [0.15, 0.2) is 0 Å². The van der Waals surface area contributed by atoms with Crippen molar-refractivity contribution in [1.82, 2.24) is 4.90 Å². The van der Waals surface area contributed by atoms with Crippen LogP contribution in [0, 0.1) is 5.92 Å². The number of carboxylic acid groups (broad SMARTS) is 1. The summed E-state index contributed by atoms with van der Waals surface area (Å²) >= 11 is 0. The molecule has 0 aromatic carbocycles. The molecular formula is C11H13NO4. The molecule has 16 heavy (non-hydrogen) atoms. The van der Waals surface area contributed by atoms with Gasteiger partial charge in [-0.2, -0.15) is 0 Å². The smallest absolute Gasteiger partial charge is 0.309 e. The molecule has 1 aliphatic rings.